The van der Waals surface area contributed by atoms with E-state index in [1.54, 1.807) is 0 Å². The van der Waals surface area contributed by atoms with Crippen molar-refractivity contribution in [2.45, 2.75) is 39.7 Å². The summed E-state index contributed by atoms with van der Waals surface area (Å²) in [6.07, 6.45) is 2.58. The molecule has 2 heterocycles. The molecule has 0 amide bonds. The number of anilines is 3. The van der Waals surface area contributed by atoms with Gasteiger partial charge < -0.3 is 10.2 Å². The summed E-state index contributed by atoms with van der Waals surface area (Å²) in [6.45, 7) is 9.18. The molecular formula is C27H34FN5O2. The van der Waals surface area contributed by atoms with Gasteiger partial charge in [-0.15, -0.1) is 0 Å². The minimum Gasteiger partial charge on any atom is -0.369 e. The van der Waals surface area contributed by atoms with Gasteiger partial charge in [-0.1, -0.05) is 13.0 Å². The van der Waals surface area contributed by atoms with Gasteiger partial charge >= 0.3 is 5.69 Å². The number of nitrogens with zero attached hydrogens (tertiary/aromatic N) is 3. The molecule has 186 valence electrons. The molecule has 7 nitrogen and oxygen atoms in total. The van der Waals surface area contributed by atoms with Crippen molar-refractivity contribution in [3.05, 3.63) is 86.3 Å². The molecule has 0 spiro atoms. The first-order chi connectivity index (χ1) is 16.9. The first-order valence-corrected chi connectivity index (χ1v) is 12.4. The van der Waals surface area contributed by atoms with Crippen LogP contribution < -0.4 is 21.5 Å². The number of aryl methyl sites for hydroxylation is 2. The second-order valence-corrected chi connectivity index (χ2v) is 9.11. The molecule has 1 fully saturated rings. The van der Waals surface area contributed by atoms with Gasteiger partial charge in [-0.25, -0.2) is 9.18 Å². The molecule has 0 bridgehead atoms. The van der Waals surface area contributed by atoms with Crippen molar-refractivity contribution >= 4 is 17.2 Å². The molecule has 1 aromatic heterocycles. The first-order valence-electron chi connectivity index (χ1n) is 12.4. The summed E-state index contributed by atoms with van der Waals surface area (Å²) in [5.41, 5.74) is 3.65. The lowest BCUT2D eigenvalue weighted by Gasteiger charge is -2.36. The van der Waals surface area contributed by atoms with E-state index in [1.807, 2.05) is 30.3 Å². The summed E-state index contributed by atoms with van der Waals surface area (Å²) < 4.78 is 14.4. The van der Waals surface area contributed by atoms with E-state index in [2.05, 4.69) is 33.9 Å². The highest BCUT2D eigenvalue weighted by Crippen LogP contribution is 2.19. The SMILES string of the molecule is CCc1cc(Nc2cc(=O)n(CCCCN3CCN(c4ccc(F)cc4)CC3)c(=O)[nH]2)ccc1C. The average molecular weight is 480 g/mol. The second-order valence-electron chi connectivity index (χ2n) is 9.11. The van der Waals surface area contributed by atoms with Crippen LogP contribution in [0.15, 0.2) is 58.1 Å². The maximum atomic E-state index is 13.1. The molecule has 1 aliphatic heterocycles. The highest BCUT2D eigenvalue weighted by molar-refractivity contribution is 5.57. The predicted molar refractivity (Wildman–Crippen MR) is 139 cm³/mol. The zero-order chi connectivity index (χ0) is 24.8. The zero-order valence-electron chi connectivity index (χ0n) is 20.5. The highest BCUT2D eigenvalue weighted by Gasteiger charge is 2.17. The summed E-state index contributed by atoms with van der Waals surface area (Å²) >= 11 is 0. The number of benzene rings is 2. The number of halogens is 1. The Labute approximate surface area is 205 Å². The summed E-state index contributed by atoms with van der Waals surface area (Å²) in [6, 6.07) is 14.1. The van der Waals surface area contributed by atoms with E-state index in [4.69, 9.17) is 0 Å². The molecule has 0 atom stereocenters. The molecule has 35 heavy (non-hydrogen) atoms. The first kappa shape index (κ1) is 24.7. The Kier molecular flexibility index (Phi) is 8.02. The third-order valence-electron chi connectivity index (χ3n) is 6.70. The minimum atomic E-state index is -0.393. The molecule has 3 aromatic rings. The molecule has 8 heteroatoms. The van der Waals surface area contributed by atoms with Crippen molar-refractivity contribution in [1.29, 1.82) is 0 Å². The van der Waals surface area contributed by atoms with Gasteiger partial charge in [0.2, 0.25) is 0 Å². The van der Waals surface area contributed by atoms with Crippen molar-refractivity contribution in [3.63, 3.8) is 0 Å². The van der Waals surface area contributed by atoms with Crippen LogP contribution in [-0.4, -0.2) is 47.2 Å². The Bertz CT molecular complexity index is 1210. The van der Waals surface area contributed by atoms with Crippen LogP contribution in [0.1, 0.15) is 30.9 Å². The Hall–Kier alpha value is -3.39. The smallest absolute Gasteiger partial charge is 0.329 e. The lowest BCUT2D eigenvalue weighted by Crippen LogP contribution is -2.46. The van der Waals surface area contributed by atoms with Gasteiger partial charge in [0.25, 0.3) is 5.56 Å². The number of piperazine rings is 1. The highest BCUT2D eigenvalue weighted by atomic mass is 19.1. The topological polar surface area (TPSA) is 73.4 Å². The number of nitrogens with one attached hydrogen (secondary N) is 2. The number of aromatic nitrogens is 2. The van der Waals surface area contributed by atoms with Gasteiger partial charge in [0.05, 0.1) is 0 Å². The van der Waals surface area contributed by atoms with E-state index in [1.165, 1.54) is 33.9 Å². The van der Waals surface area contributed by atoms with Crippen LogP contribution in [0.4, 0.5) is 21.6 Å². The lowest BCUT2D eigenvalue weighted by atomic mass is 10.1. The fourth-order valence-corrected chi connectivity index (χ4v) is 4.57. The second kappa shape index (κ2) is 11.4. The number of aromatic amines is 1. The van der Waals surface area contributed by atoms with Crippen LogP contribution in [0.2, 0.25) is 0 Å². The van der Waals surface area contributed by atoms with Crippen LogP contribution in [0, 0.1) is 12.7 Å². The zero-order valence-corrected chi connectivity index (χ0v) is 20.5. The van der Waals surface area contributed by atoms with Crippen LogP contribution in [-0.2, 0) is 13.0 Å². The number of unbranched alkanes of at least 4 members (excludes halogenated alkanes) is 1. The Morgan fingerprint density at radius 3 is 2.34 bits per heavy atom. The van der Waals surface area contributed by atoms with E-state index in [9.17, 15) is 14.0 Å². The molecule has 4 rings (SSSR count). The van der Waals surface area contributed by atoms with Crippen LogP contribution in [0.25, 0.3) is 0 Å². The lowest BCUT2D eigenvalue weighted by molar-refractivity contribution is 0.251. The Morgan fingerprint density at radius 1 is 0.943 bits per heavy atom. The van der Waals surface area contributed by atoms with Crippen LogP contribution in [0.5, 0.6) is 0 Å². The largest absolute Gasteiger partial charge is 0.369 e. The molecule has 1 aliphatic rings. The van der Waals surface area contributed by atoms with Crippen molar-refractivity contribution < 1.29 is 4.39 Å². The molecule has 0 aliphatic carbocycles. The Balaban J connectivity index is 1.25. The maximum Gasteiger partial charge on any atom is 0.329 e. The fraction of sp³-hybridized carbons (Fsp3) is 0.407. The average Bonchev–Trinajstić information content (AvgIpc) is 2.85. The van der Waals surface area contributed by atoms with Crippen molar-refractivity contribution in [2.24, 2.45) is 0 Å². The number of hydrogen-bond acceptors (Lipinski definition) is 5. The van der Waals surface area contributed by atoms with E-state index in [-0.39, 0.29) is 11.4 Å². The molecular weight excluding hydrogens is 445 g/mol. The summed E-state index contributed by atoms with van der Waals surface area (Å²) in [5, 5.41) is 3.14. The molecule has 0 radical (unpaired) electrons. The number of hydrogen-bond donors (Lipinski definition) is 2. The fourth-order valence-electron chi connectivity index (χ4n) is 4.57. The van der Waals surface area contributed by atoms with Gasteiger partial charge in [0.1, 0.15) is 11.6 Å². The normalized spacial score (nSPS) is 14.3. The van der Waals surface area contributed by atoms with E-state index in [0.717, 1.165) is 63.4 Å². The van der Waals surface area contributed by atoms with Gasteiger partial charge in [-0.2, -0.15) is 0 Å². The van der Waals surface area contributed by atoms with Gasteiger partial charge in [0, 0.05) is 50.2 Å². The number of rotatable bonds is 9. The monoisotopic (exact) mass is 479 g/mol. The van der Waals surface area contributed by atoms with Gasteiger partial charge in [0.15, 0.2) is 0 Å². The quantitative estimate of drug-likeness (QED) is 0.456. The molecule has 0 saturated carbocycles. The molecule has 0 unspecified atom stereocenters. The van der Waals surface area contributed by atoms with E-state index < -0.39 is 5.69 Å². The summed E-state index contributed by atoms with van der Waals surface area (Å²) in [5.74, 6) is 0.189. The Morgan fingerprint density at radius 2 is 1.66 bits per heavy atom. The van der Waals surface area contributed by atoms with E-state index >= 15 is 0 Å². The molecule has 2 aromatic carbocycles. The van der Waals surface area contributed by atoms with Crippen molar-refractivity contribution in [3.8, 4) is 0 Å². The number of H-pyrrole nitrogens is 1. The van der Waals surface area contributed by atoms with Gasteiger partial charge in [-0.3, -0.25) is 19.2 Å². The standard InChI is InChI=1S/C27H34FN5O2/c1-3-21-18-23(9-6-20(21)2)29-25-19-26(34)33(27(35)30-25)13-5-4-12-31-14-16-32(17-15-31)24-10-7-22(28)8-11-24/h6-11,18-19,29H,3-5,12-17H2,1-2H3,(H,30,35). The summed E-state index contributed by atoms with van der Waals surface area (Å²) in [7, 11) is 0. The van der Waals surface area contributed by atoms with Crippen molar-refractivity contribution in [1.82, 2.24) is 14.5 Å². The van der Waals surface area contributed by atoms with Crippen LogP contribution >= 0.6 is 0 Å². The third kappa shape index (κ3) is 6.39. The predicted octanol–water partition coefficient (Wildman–Crippen LogP) is 3.89. The minimum absolute atomic E-state index is 0.215. The third-order valence-corrected chi connectivity index (χ3v) is 6.70. The maximum absolute atomic E-state index is 13.1. The van der Waals surface area contributed by atoms with Crippen molar-refractivity contribution in [2.75, 3.05) is 42.9 Å². The summed E-state index contributed by atoms with van der Waals surface area (Å²) in [4.78, 5) is 32.6. The molecule has 1 saturated heterocycles. The van der Waals surface area contributed by atoms with Gasteiger partial charge in [-0.05, 0) is 80.3 Å². The molecule has 2 N–H and O–H groups in total. The van der Waals surface area contributed by atoms with E-state index in [0.29, 0.717) is 12.4 Å². The van der Waals surface area contributed by atoms with Crippen LogP contribution in [0.3, 0.4) is 0 Å².